The molecule has 2 aromatic carbocycles. The molecular formula is C26H30F3N5O3S. The van der Waals surface area contributed by atoms with Gasteiger partial charge in [-0.3, -0.25) is 0 Å². The van der Waals surface area contributed by atoms with E-state index in [9.17, 15) is 21.6 Å². The van der Waals surface area contributed by atoms with E-state index in [-0.39, 0.29) is 17.4 Å². The molecule has 0 amide bonds. The zero-order chi connectivity index (χ0) is 26.8. The first-order valence-electron chi connectivity index (χ1n) is 12.8. The number of anilines is 2. The van der Waals surface area contributed by atoms with Crippen LogP contribution in [0.15, 0.2) is 53.4 Å². The van der Waals surface area contributed by atoms with Crippen molar-refractivity contribution < 1.29 is 26.3 Å². The van der Waals surface area contributed by atoms with E-state index in [4.69, 9.17) is 4.98 Å². The van der Waals surface area contributed by atoms with Gasteiger partial charge in [-0.25, -0.2) is 18.1 Å². The van der Waals surface area contributed by atoms with Crippen LogP contribution < -0.4 is 20.1 Å². The van der Waals surface area contributed by atoms with Crippen molar-refractivity contribution in [3.63, 3.8) is 0 Å². The second kappa shape index (κ2) is 10.9. The normalized spacial score (nSPS) is 20.3. The zero-order valence-corrected chi connectivity index (χ0v) is 21.5. The molecule has 2 aliphatic rings. The second-order valence-corrected chi connectivity index (χ2v) is 11.7. The van der Waals surface area contributed by atoms with Crippen LogP contribution in [0.4, 0.5) is 24.9 Å². The molecule has 0 atom stereocenters. The van der Waals surface area contributed by atoms with Crippen LogP contribution in [0.25, 0.3) is 10.9 Å². The van der Waals surface area contributed by atoms with Crippen molar-refractivity contribution in [2.45, 2.75) is 55.8 Å². The van der Waals surface area contributed by atoms with E-state index in [0.29, 0.717) is 17.9 Å². The van der Waals surface area contributed by atoms with E-state index in [1.54, 1.807) is 0 Å². The summed E-state index contributed by atoms with van der Waals surface area (Å²) >= 11 is 0. The number of hydrogen-bond donors (Lipinski definition) is 3. The van der Waals surface area contributed by atoms with Gasteiger partial charge in [-0.2, -0.15) is 4.98 Å². The molecule has 1 aromatic heterocycles. The molecule has 38 heavy (non-hydrogen) atoms. The van der Waals surface area contributed by atoms with E-state index in [2.05, 4.69) is 25.1 Å². The van der Waals surface area contributed by atoms with Crippen LogP contribution in [0.3, 0.4) is 0 Å². The van der Waals surface area contributed by atoms with Gasteiger partial charge in [-0.1, -0.05) is 12.1 Å². The number of rotatable bonds is 10. The lowest BCUT2D eigenvalue weighted by Crippen LogP contribution is -2.32. The van der Waals surface area contributed by atoms with Gasteiger partial charge in [0.25, 0.3) is 0 Å². The summed E-state index contributed by atoms with van der Waals surface area (Å²) < 4.78 is 68.5. The van der Waals surface area contributed by atoms with Gasteiger partial charge in [0.05, 0.1) is 10.4 Å². The van der Waals surface area contributed by atoms with Gasteiger partial charge in [0.2, 0.25) is 16.0 Å². The van der Waals surface area contributed by atoms with Gasteiger partial charge in [0, 0.05) is 24.5 Å². The van der Waals surface area contributed by atoms with E-state index in [0.717, 1.165) is 86.1 Å². The summed E-state index contributed by atoms with van der Waals surface area (Å²) in [6, 6.07) is 12.6. The Bertz CT molecular complexity index is 1360. The average Bonchev–Trinajstić information content (AvgIpc) is 3.70. The first-order valence-corrected chi connectivity index (χ1v) is 14.3. The minimum atomic E-state index is -4.83. The van der Waals surface area contributed by atoms with Gasteiger partial charge in [0.1, 0.15) is 11.6 Å². The maximum Gasteiger partial charge on any atom is 0.573 e. The van der Waals surface area contributed by atoms with Crippen molar-refractivity contribution in [1.29, 1.82) is 0 Å². The highest BCUT2D eigenvalue weighted by Gasteiger charge is 2.31. The smallest absolute Gasteiger partial charge is 0.406 e. The van der Waals surface area contributed by atoms with Crippen molar-refractivity contribution >= 4 is 32.7 Å². The number of halogens is 3. The Labute approximate surface area is 219 Å². The van der Waals surface area contributed by atoms with E-state index in [1.807, 2.05) is 24.3 Å². The first-order chi connectivity index (χ1) is 18.1. The van der Waals surface area contributed by atoms with Crippen molar-refractivity contribution in [3.05, 3.63) is 48.5 Å². The maximum absolute atomic E-state index is 12.6. The van der Waals surface area contributed by atoms with Crippen LogP contribution in [0.5, 0.6) is 5.75 Å². The quantitative estimate of drug-likeness (QED) is 0.315. The molecule has 0 radical (unpaired) electrons. The van der Waals surface area contributed by atoms with Gasteiger partial charge >= 0.3 is 6.36 Å². The lowest BCUT2D eigenvalue weighted by Gasteiger charge is -2.28. The number of sulfonamides is 1. The largest absolute Gasteiger partial charge is 0.573 e. The third-order valence-electron chi connectivity index (χ3n) is 6.97. The summed E-state index contributed by atoms with van der Waals surface area (Å²) in [6.45, 7) is 1.03. The van der Waals surface area contributed by atoms with Crippen molar-refractivity contribution in [3.8, 4) is 5.75 Å². The summed E-state index contributed by atoms with van der Waals surface area (Å²) in [4.78, 5) is 9.28. The SMILES string of the molecule is O=S(=O)(NCC1CCC(CNc2nc(NC3CC3)c3ccccc3n2)CC1)c1ccc(OC(F)(F)F)cc1. The molecule has 204 valence electrons. The molecule has 0 bridgehead atoms. The Hall–Kier alpha value is -3.12. The predicted molar refractivity (Wildman–Crippen MR) is 138 cm³/mol. The molecule has 12 heteroatoms. The van der Waals surface area contributed by atoms with Crippen molar-refractivity contribution in [1.82, 2.24) is 14.7 Å². The van der Waals surface area contributed by atoms with Gasteiger partial charge < -0.3 is 15.4 Å². The van der Waals surface area contributed by atoms with E-state index < -0.39 is 22.1 Å². The monoisotopic (exact) mass is 549 g/mol. The van der Waals surface area contributed by atoms with E-state index >= 15 is 0 Å². The standard InChI is InChI=1S/C26H30F3N5O3S/c27-26(28,29)37-20-11-13-21(14-12-20)38(35,36)31-16-18-7-5-17(6-8-18)15-30-25-33-23-4-2-1-3-22(23)24(34-25)32-19-9-10-19/h1-4,11-14,17-19,31H,5-10,15-16H2,(H2,30,32,33,34). The summed E-state index contributed by atoms with van der Waals surface area (Å²) in [5, 5.41) is 7.90. The molecule has 0 saturated heterocycles. The molecule has 3 N–H and O–H groups in total. The topological polar surface area (TPSA) is 105 Å². The molecule has 2 aliphatic carbocycles. The molecule has 5 rings (SSSR count). The molecule has 0 spiro atoms. The lowest BCUT2D eigenvalue weighted by atomic mass is 9.82. The second-order valence-electron chi connectivity index (χ2n) is 9.97. The Balaban J connectivity index is 1.09. The molecule has 2 fully saturated rings. The molecule has 0 unspecified atom stereocenters. The third-order valence-corrected chi connectivity index (χ3v) is 8.41. The van der Waals surface area contributed by atoms with Crippen LogP contribution in [0.2, 0.25) is 0 Å². The number of nitrogens with one attached hydrogen (secondary N) is 3. The average molecular weight is 550 g/mol. The highest BCUT2D eigenvalue weighted by Crippen LogP contribution is 2.31. The van der Waals surface area contributed by atoms with Crippen LogP contribution in [0, 0.1) is 11.8 Å². The Kier molecular flexibility index (Phi) is 7.62. The first kappa shape index (κ1) is 26.5. The maximum atomic E-state index is 12.6. The Morgan fingerprint density at radius 3 is 2.18 bits per heavy atom. The number of hydrogen-bond acceptors (Lipinski definition) is 7. The number of ether oxygens (including phenoxy) is 1. The number of benzene rings is 2. The van der Waals surface area contributed by atoms with Crippen molar-refractivity contribution in [2.24, 2.45) is 11.8 Å². The lowest BCUT2D eigenvalue weighted by molar-refractivity contribution is -0.274. The molecule has 1 heterocycles. The minimum Gasteiger partial charge on any atom is -0.406 e. The van der Waals surface area contributed by atoms with E-state index in [1.165, 1.54) is 0 Å². The van der Waals surface area contributed by atoms with Crippen molar-refractivity contribution in [2.75, 3.05) is 23.7 Å². The van der Waals surface area contributed by atoms with Gasteiger partial charge in [0.15, 0.2) is 0 Å². The van der Waals surface area contributed by atoms with Crippen LogP contribution in [0.1, 0.15) is 38.5 Å². The van der Waals surface area contributed by atoms with Gasteiger partial charge in [-0.05, 0) is 86.8 Å². The number of nitrogens with zero attached hydrogens (tertiary/aromatic N) is 2. The number of aromatic nitrogens is 2. The third kappa shape index (κ3) is 7.04. The van der Waals surface area contributed by atoms with Crippen LogP contribution in [-0.4, -0.2) is 43.9 Å². The fourth-order valence-corrected chi connectivity index (χ4v) is 5.81. The number of alkyl halides is 3. The Morgan fingerprint density at radius 1 is 0.868 bits per heavy atom. The van der Waals surface area contributed by atoms with Crippen LogP contribution >= 0.6 is 0 Å². The molecule has 0 aliphatic heterocycles. The predicted octanol–water partition coefficient (Wildman–Crippen LogP) is 5.30. The fraction of sp³-hybridized carbons (Fsp3) is 0.462. The molecule has 2 saturated carbocycles. The van der Waals surface area contributed by atoms with Crippen LogP contribution in [-0.2, 0) is 10.0 Å². The van der Waals surface area contributed by atoms with Gasteiger partial charge in [-0.15, -0.1) is 13.2 Å². The summed E-state index contributed by atoms with van der Waals surface area (Å²) in [5.74, 6) is 1.62. The fourth-order valence-electron chi connectivity index (χ4n) is 4.69. The zero-order valence-electron chi connectivity index (χ0n) is 20.7. The molecule has 8 nitrogen and oxygen atoms in total. The summed E-state index contributed by atoms with van der Waals surface area (Å²) in [5.41, 5.74) is 0.895. The summed E-state index contributed by atoms with van der Waals surface area (Å²) in [7, 11) is -3.83. The minimum absolute atomic E-state index is 0.101. The molecule has 3 aromatic rings. The highest BCUT2D eigenvalue weighted by molar-refractivity contribution is 7.89. The number of fused-ring (bicyclic) bond motifs is 1. The molecular weight excluding hydrogens is 519 g/mol. The Morgan fingerprint density at radius 2 is 1.53 bits per heavy atom. The highest BCUT2D eigenvalue weighted by atomic mass is 32.2. The number of para-hydroxylation sites is 1. The summed E-state index contributed by atoms with van der Waals surface area (Å²) in [6.07, 6.45) is 1.13.